The molecule has 0 amide bonds. The molecule has 1 aliphatic heterocycles. The van der Waals surface area contributed by atoms with Crippen molar-refractivity contribution in [2.75, 3.05) is 41.4 Å². The van der Waals surface area contributed by atoms with Crippen molar-refractivity contribution >= 4 is 23.5 Å². The van der Waals surface area contributed by atoms with Crippen LogP contribution in [0.4, 0.5) is 23.5 Å². The third-order valence-electron chi connectivity index (χ3n) is 4.53. The molecule has 1 saturated heterocycles. The highest BCUT2D eigenvalue weighted by Crippen LogP contribution is 2.25. The molecular formula is C18H26N6O. The lowest BCUT2D eigenvalue weighted by molar-refractivity contribution is 0.265. The van der Waals surface area contributed by atoms with Crippen molar-refractivity contribution in [1.29, 1.82) is 0 Å². The van der Waals surface area contributed by atoms with Crippen molar-refractivity contribution < 1.29 is 5.11 Å². The van der Waals surface area contributed by atoms with E-state index in [1.54, 1.807) is 0 Å². The Balaban J connectivity index is 1.96. The molecule has 1 aliphatic rings. The predicted molar refractivity (Wildman–Crippen MR) is 101 cm³/mol. The van der Waals surface area contributed by atoms with Gasteiger partial charge in [-0.1, -0.05) is 18.2 Å². The van der Waals surface area contributed by atoms with Crippen LogP contribution in [0.3, 0.4) is 0 Å². The van der Waals surface area contributed by atoms with Gasteiger partial charge >= 0.3 is 0 Å². The number of hydrogen-bond donors (Lipinski definition) is 2. The lowest BCUT2D eigenvalue weighted by Crippen LogP contribution is -2.34. The summed E-state index contributed by atoms with van der Waals surface area (Å²) in [5.41, 5.74) is 0.935. The van der Waals surface area contributed by atoms with E-state index in [0.717, 1.165) is 38.2 Å². The topological polar surface area (TPSA) is 77.4 Å². The van der Waals surface area contributed by atoms with E-state index in [4.69, 9.17) is 0 Å². The highest BCUT2D eigenvalue weighted by atomic mass is 16.3. The van der Waals surface area contributed by atoms with Crippen LogP contribution >= 0.6 is 0 Å². The number of aromatic nitrogens is 3. The standard InChI is InChI=1S/C18H26N6O/c1-3-23(4-2)17-20-16(19-14-9-6-5-7-10-14)21-18(22-17)24-12-8-11-15(24)13-25/h5-7,9-10,15,25H,3-4,8,11-13H2,1-2H3,(H,19,20,21,22). The normalized spacial score (nSPS) is 16.9. The molecule has 25 heavy (non-hydrogen) atoms. The van der Waals surface area contributed by atoms with E-state index >= 15 is 0 Å². The molecule has 0 saturated carbocycles. The van der Waals surface area contributed by atoms with E-state index in [9.17, 15) is 5.11 Å². The van der Waals surface area contributed by atoms with Gasteiger partial charge in [-0.2, -0.15) is 15.0 Å². The molecule has 0 spiro atoms. The van der Waals surface area contributed by atoms with E-state index < -0.39 is 0 Å². The number of para-hydroxylation sites is 1. The van der Waals surface area contributed by atoms with Gasteiger partial charge in [0, 0.05) is 25.3 Å². The molecule has 134 valence electrons. The maximum Gasteiger partial charge on any atom is 0.233 e. The molecule has 0 radical (unpaired) electrons. The zero-order valence-electron chi connectivity index (χ0n) is 14.9. The Morgan fingerprint density at radius 1 is 1.16 bits per heavy atom. The van der Waals surface area contributed by atoms with Crippen molar-refractivity contribution in [3.05, 3.63) is 30.3 Å². The summed E-state index contributed by atoms with van der Waals surface area (Å²) < 4.78 is 0. The van der Waals surface area contributed by atoms with E-state index in [2.05, 4.69) is 43.9 Å². The molecular weight excluding hydrogens is 316 g/mol. The van der Waals surface area contributed by atoms with E-state index in [0.29, 0.717) is 17.8 Å². The van der Waals surface area contributed by atoms with E-state index in [-0.39, 0.29) is 12.6 Å². The average molecular weight is 342 g/mol. The molecule has 1 aromatic heterocycles. The van der Waals surface area contributed by atoms with Gasteiger partial charge in [-0.05, 0) is 38.8 Å². The van der Waals surface area contributed by atoms with Gasteiger partial charge in [0.15, 0.2) is 0 Å². The van der Waals surface area contributed by atoms with Crippen molar-refractivity contribution in [2.24, 2.45) is 0 Å². The van der Waals surface area contributed by atoms with Crippen LogP contribution in [0.2, 0.25) is 0 Å². The second kappa shape index (κ2) is 8.11. The Morgan fingerprint density at radius 2 is 1.92 bits per heavy atom. The number of rotatable bonds is 7. The summed E-state index contributed by atoms with van der Waals surface area (Å²) in [6.07, 6.45) is 2.00. The molecule has 1 atom stereocenters. The van der Waals surface area contributed by atoms with Gasteiger partial charge in [-0.15, -0.1) is 0 Å². The van der Waals surface area contributed by atoms with Crippen LogP contribution in [0.1, 0.15) is 26.7 Å². The molecule has 7 heteroatoms. The minimum atomic E-state index is 0.0801. The fourth-order valence-corrected chi connectivity index (χ4v) is 3.13. The molecule has 7 nitrogen and oxygen atoms in total. The Labute approximate surface area is 148 Å². The molecule has 1 fully saturated rings. The monoisotopic (exact) mass is 342 g/mol. The van der Waals surface area contributed by atoms with Crippen molar-refractivity contribution in [1.82, 2.24) is 15.0 Å². The second-order valence-electron chi connectivity index (χ2n) is 6.09. The number of benzene rings is 1. The Kier molecular flexibility index (Phi) is 5.65. The first-order valence-electron chi connectivity index (χ1n) is 8.95. The van der Waals surface area contributed by atoms with Crippen LogP contribution in [0, 0.1) is 0 Å². The Bertz CT molecular complexity index is 677. The summed E-state index contributed by atoms with van der Waals surface area (Å²) in [5, 5.41) is 12.9. The number of hydrogen-bond acceptors (Lipinski definition) is 7. The first-order valence-corrected chi connectivity index (χ1v) is 8.95. The largest absolute Gasteiger partial charge is 0.394 e. The van der Waals surface area contributed by atoms with Gasteiger partial charge in [-0.3, -0.25) is 0 Å². The van der Waals surface area contributed by atoms with Gasteiger partial charge < -0.3 is 20.2 Å². The number of nitrogens with one attached hydrogen (secondary N) is 1. The summed E-state index contributed by atoms with van der Waals surface area (Å²) in [4.78, 5) is 18.1. The molecule has 0 aliphatic carbocycles. The number of nitrogens with zero attached hydrogens (tertiary/aromatic N) is 5. The molecule has 2 aromatic rings. The summed E-state index contributed by atoms with van der Waals surface area (Å²) in [7, 11) is 0. The fraction of sp³-hybridized carbons (Fsp3) is 0.500. The van der Waals surface area contributed by atoms with Gasteiger partial charge in [0.2, 0.25) is 17.8 Å². The van der Waals surface area contributed by atoms with Crippen LogP contribution in [-0.4, -0.2) is 52.3 Å². The first kappa shape index (κ1) is 17.4. The number of aliphatic hydroxyl groups is 1. The molecule has 2 heterocycles. The quantitative estimate of drug-likeness (QED) is 0.800. The van der Waals surface area contributed by atoms with Crippen LogP contribution in [0.25, 0.3) is 0 Å². The zero-order chi connectivity index (χ0) is 17.6. The number of aliphatic hydroxyl groups excluding tert-OH is 1. The average Bonchev–Trinajstić information content (AvgIpc) is 3.12. The maximum absolute atomic E-state index is 9.63. The highest BCUT2D eigenvalue weighted by molar-refractivity contribution is 5.56. The van der Waals surface area contributed by atoms with Gasteiger partial charge in [0.1, 0.15) is 0 Å². The smallest absolute Gasteiger partial charge is 0.233 e. The third kappa shape index (κ3) is 3.99. The maximum atomic E-state index is 9.63. The summed E-state index contributed by atoms with van der Waals surface area (Å²) in [6.45, 7) is 6.81. The first-order chi connectivity index (χ1) is 12.2. The lowest BCUT2D eigenvalue weighted by atomic mass is 10.2. The third-order valence-corrected chi connectivity index (χ3v) is 4.53. The van der Waals surface area contributed by atoms with Crippen LogP contribution in [0.15, 0.2) is 30.3 Å². The molecule has 0 bridgehead atoms. The minimum Gasteiger partial charge on any atom is -0.394 e. The zero-order valence-corrected chi connectivity index (χ0v) is 14.9. The molecule has 1 aromatic carbocycles. The minimum absolute atomic E-state index is 0.0801. The van der Waals surface area contributed by atoms with Gasteiger partial charge in [0.05, 0.1) is 12.6 Å². The Hall–Kier alpha value is -2.41. The van der Waals surface area contributed by atoms with E-state index in [1.807, 2.05) is 30.3 Å². The predicted octanol–water partition coefficient (Wildman–Crippen LogP) is 2.42. The molecule has 1 unspecified atom stereocenters. The highest BCUT2D eigenvalue weighted by Gasteiger charge is 2.27. The SMILES string of the molecule is CCN(CC)c1nc(Nc2ccccc2)nc(N2CCCC2CO)n1. The summed E-state index contributed by atoms with van der Waals surface area (Å²) >= 11 is 0. The van der Waals surface area contributed by atoms with Crippen molar-refractivity contribution in [3.63, 3.8) is 0 Å². The lowest BCUT2D eigenvalue weighted by Gasteiger charge is -2.25. The summed E-state index contributed by atoms with van der Waals surface area (Å²) in [6, 6.07) is 9.95. The second-order valence-corrected chi connectivity index (χ2v) is 6.09. The molecule has 3 rings (SSSR count). The van der Waals surface area contributed by atoms with Gasteiger partial charge in [-0.25, -0.2) is 0 Å². The van der Waals surface area contributed by atoms with E-state index in [1.165, 1.54) is 0 Å². The molecule has 2 N–H and O–H groups in total. The van der Waals surface area contributed by atoms with Gasteiger partial charge in [0.25, 0.3) is 0 Å². The van der Waals surface area contributed by atoms with Crippen LogP contribution in [0.5, 0.6) is 0 Å². The van der Waals surface area contributed by atoms with Crippen LogP contribution < -0.4 is 15.1 Å². The van der Waals surface area contributed by atoms with Crippen LogP contribution in [-0.2, 0) is 0 Å². The van der Waals surface area contributed by atoms with Crippen molar-refractivity contribution in [2.45, 2.75) is 32.7 Å². The number of anilines is 4. The Morgan fingerprint density at radius 3 is 2.60 bits per heavy atom. The fourth-order valence-electron chi connectivity index (χ4n) is 3.13. The van der Waals surface area contributed by atoms with Crippen molar-refractivity contribution in [3.8, 4) is 0 Å². The summed E-state index contributed by atoms with van der Waals surface area (Å²) in [5.74, 6) is 1.82.